The molecule has 3 rings (SSSR count). The molecule has 0 aliphatic carbocycles. The topological polar surface area (TPSA) is 61.0 Å². The number of nitrogens with one attached hydrogen (secondary N) is 2. The molecule has 2 fully saturated rings. The minimum absolute atomic E-state index is 0. The normalized spacial score (nSPS) is 27.5. The lowest BCUT2D eigenvalue weighted by atomic mass is 9.98. The maximum absolute atomic E-state index is 12.5. The Morgan fingerprint density at radius 2 is 1.95 bits per heavy atom. The first-order valence-electron chi connectivity index (χ1n) is 7.63. The lowest BCUT2D eigenvalue weighted by molar-refractivity contribution is 0.0675. The van der Waals surface area contributed by atoms with Gasteiger partial charge in [-0.25, -0.2) is 0 Å². The minimum Gasteiger partial charge on any atom is -0.337 e. The zero-order chi connectivity index (χ0) is 14.3. The average Bonchev–Trinajstić information content (AvgIpc) is 3.04. The predicted molar refractivity (Wildman–Crippen MR) is 85.0 cm³/mol. The summed E-state index contributed by atoms with van der Waals surface area (Å²) in [5.41, 5.74) is 1.56. The van der Waals surface area contributed by atoms with Gasteiger partial charge < -0.3 is 10.2 Å². The number of carbonyl (C=O) groups is 1. The van der Waals surface area contributed by atoms with Gasteiger partial charge in [0.2, 0.25) is 0 Å². The predicted octanol–water partition coefficient (Wildman–Crippen LogP) is 2.31. The van der Waals surface area contributed by atoms with Crippen LogP contribution in [0.3, 0.4) is 0 Å². The molecule has 2 aliphatic heterocycles. The Morgan fingerprint density at radius 3 is 2.48 bits per heavy atom. The van der Waals surface area contributed by atoms with Crippen LogP contribution in [0.5, 0.6) is 0 Å². The third-order valence-electron chi connectivity index (χ3n) is 4.76. The van der Waals surface area contributed by atoms with Gasteiger partial charge in [0.05, 0.1) is 0 Å². The van der Waals surface area contributed by atoms with Gasteiger partial charge in [-0.15, -0.1) is 12.4 Å². The first kappa shape index (κ1) is 16.3. The average molecular weight is 313 g/mol. The van der Waals surface area contributed by atoms with E-state index in [0.29, 0.717) is 29.7 Å². The number of aromatic amines is 1. The Hall–Kier alpha value is -1.07. The Balaban J connectivity index is 0.00000161. The summed E-state index contributed by atoms with van der Waals surface area (Å²) in [6.45, 7) is 4.19. The zero-order valence-corrected chi connectivity index (χ0v) is 13.7. The van der Waals surface area contributed by atoms with Crippen molar-refractivity contribution in [2.75, 3.05) is 7.05 Å². The third kappa shape index (κ3) is 3.24. The number of piperidine rings is 1. The smallest absolute Gasteiger partial charge is 0.274 e. The van der Waals surface area contributed by atoms with Gasteiger partial charge in [-0.2, -0.15) is 5.10 Å². The van der Waals surface area contributed by atoms with Crippen LogP contribution >= 0.6 is 12.4 Å². The molecule has 2 saturated heterocycles. The molecule has 3 heterocycles. The van der Waals surface area contributed by atoms with E-state index in [1.165, 1.54) is 12.8 Å². The fraction of sp³-hybridized carbons (Fsp3) is 0.733. The highest BCUT2D eigenvalue weighted by Gasteiger charge is 2.36. The van der Waals surface area contributed by atoms with Crippen LogP contribution in [0.25, 0.3) is 0 Å². The van der Waals surface area contributed by atoms with E-state index in [0.717, 1.165) is 18.5 Å². The number of amides is 1. The Bertz CT molecular complexity index is 490. The van der Waals surface area contributed by atoms with Gasteiger partial charge >= 0.3 is 0 Å². The van der Waals surface area contributed by atoms with Crippen molar-refractivity contribution in [2.45, 2.75) is 63.6 Å². The second-order valence-electron chi connectivity index (χ2n) is 6.54. The standard InChI is InChI=1S/C15H24N4O.ClH/c1-9(2)13-8-14(18-17-13)15(20)19(3)12-6-10-4-5-11(7-12)16-10;/h8-12,16H,4-7H2,1-3H3,(H,17,18);1H. The number of H-pyrrole nitrogens is 1. The van der Waals surface area contributed by atoms with Gasteiger partial charge in [0, 0.05) is 30.9 Å². The molecule has 2 N–H and O–H groups in total. The molecule has 1 amide bonds. The van der Waals surface area contributed by atoms with Crippen LogP contribution in [-0.2, 0) is 0 Å². The molecule has 0 radical (unpaired) electrons. The summed E-state index contributed by atoms with van der Waals surface area (Å²) in [5, 5.41) is 10.8. The van der Waals surface area contributed by atoms with Crippen molar-refractivity contribution in [1.82, 2.24) is 20.4 Å². The Morgan fingerprint density at radius 1 is 1.33 bits per heavy atom. The van der Waals surface area contributed by atoms with Crippen molar-refractivity contribution in [3.8, 4) is 0 Å². The molecule has 0 spiro atoms. The molecule has 2 atom stereocenters. The lowest BCUT2D eigenvalue weighted by Gasteiger charge is -2.35. The van der Waals surface area contributed by atoms with Crippen LogP contribution in [0.4, 0.5) is 0 Å². The summed E-state index contributed by atoms with van der Waals surface area (Å²) >= 11 is 0. The third-order valence-corrected chi connectivity index (χ3v) is 4.76. The molecule has 1 aromatic rings. The van der Waals surface area contributed by atoms with E-state index >= 15 is 0 Å². The molecular weight excluding hydrogens is 288 g/mol. The van der Waals surface area contributed by atoms with Crippen molar-refractivity contribution < 1.29 is 4.79 Å². The van der Waals surface area contributed by atoms with Gasteiger partial charge in [-0.05, 0) is 37.7 Å². The summed E-state index contributed by atoms with van der Waals surface area (Å²) in [5.74, 6) is 0.406. The van der Waals surface area contributed by atoms with Crippen molar-refractivity contribution in [1.29, 1.82) is 0 Å². The molecule has 1 aromatic heterocycles. The number of carbonyl (C=O) groups excluding carboxylic acids is 1. The van der Waals surface area contributed by atoms with Crippen LogP contribution in [0.1, 0.15) is 61.6 Å². The van der Waals surface area contributed by atoms with E-state index in [9.17, 15) is 4.79 Å². The summed E-state index contributed by atoms with van der Waals surface area (Å²) in [6.07, 6.45) is 4.65. The maximum Gasteiger partial charge on any atom is 0.274 e. The summed E-state index contributed by atoms with van der Waals surface area (Å²) in [7, 11) is 1.92. The van der Waals surface area contributed by atoms with E-state index in [-0.39, 0.29) is 18.3 Å². The van der Waals surface area contributed by atoms with E-state index in [4.69, 9.17) is 0 Å². The van der Waals surface area contributed by atoms with Crippen molar-refractivity contribution in [3.63, 3.8) is 0 Å². The van der Waals surface area contributed by atoms with Gasteiger partial charge in [0.1, 0.15) is 5.69 Å². The van der Waals surface area contributed by atoms with Crippen molar-refractivity contribution in [2.24, 2.45) is 0 Å². The van der Waals surface area contributed by atoms with Crippen molar-refractivity contribution in [3.05, 3.63) is 17.5 Å². The number of halogens is 1. The molecule has 21 heavy (non-hydrogen) atoms. The molecule has 0 aromatic carbocycles. The van der Waals surface area contributed by atoms with E-state index in [1.54, 1.807) is 0 Å². The summed E-state index contributed by atoms with van der Waals surface area (Å²) in [4.78, 5) is 14.4. The second-order valence-corrected chi connectivity index (χ2v) is 6.54. The molecule has 2 bridgehead atoms. The number of hydrogen-bond donors (Lipinski definition) is 2. The minimum atomic E-state index is 0. The van der Waals surface area contributed by atoms with Gasteiger partial charge in [0.15, 0.2) is 0 Å². The molecule has 6 heteroatoms. The second kappa shape index (κ2) is 6.36. The quantitative estimate of drug-likeness (QED) is 0.900. The Labute approximate surface area is 132 Å². The number of rotatable bonds is 3. The fourth-order valence-corrected chi connectivity index (χ4v) is 3.43. The van der Waals surface area contributed by atoms with E-state index in [1.807, 2.05) is 18.0 Å². The fourth-order valence-electron chi connectivity index (χ4n) is 3.43. The molecule has 5 nitrogen and oxygen atoms in total. The highest BCUT2D eigenvalue weighted by Crippen LogP contribution is 2.29. The Kier molecular flexibility index (Phi) is 4.94. The first-order valence-corrected chi connectivity index (χ1v) is 7.63. The molecule has 2 aliphatic rings. The molecule has 0 saturated carbocycles. The highest BCUT2D eigenvalue weighted by molar-refractivity contribution is 5.92. The summed E-state index contributed by atoms with van der Waals surface area (Å²) < 4.78 is 0. The molecule has 2 unspecified atom stereocenters. The van der Waals surface area contributed by atoms with Crippen LogP contribution in [0, 0.1) is 0 Å². The van der Waals surface area contributed by atoms with Gasteiger partial charge in [-0.1, -0.05) is 13.8 Å². The molecular formula is C15H25ClN4O. The number of aromatic nitrogens is 2. The van der Waals surface area contributed by atoms with Gasteiger partial charge in [-0.3, -0.25) is 9.89 Å². The van der Waals surface area contributed by atoms with Crippen LogP contribution in [-0.4, -0.2) is 46.2 Å². The molecule has 118 valence electrons. The number of nitrogens with zero attached hydrogens (tertiary/aromatic N) is 2. The van der Waals surface area contributed by atoms with Crippen LogP contribution < -0.4 is 5.32 Å². The SMILES string of the molecule is CC(C)c1cc(C(=O)N(C)C2CC3CCC(C2)N3)n[nH]1.Cl. The van der Waals surface area contributed by atoms with Gasteiger partial charge in [0.25, 0.3) is 5.91 Å². The van der Waals surface area contributed by atoms with Crippen LogP contribution in [0.2, 0.25) is 0 Å². The van der Waals surface area contributed by atoms with E-state index < -0.39 is 0 Å². The zero-order valence-electron chi connectivity index (χ0n) is 12.9. The summed E-state index contributed by atoms with van der Waals surface area (Å²) in [6, 6.07) is 3.43. The van der Waals surface area contributed by atoms with Crippen LogP contribution in [0.15, 0.2) is 6.07 Å². The maximum atomic E-state index is 12.5. The first-order chi connectivity index (χ1) is 9.54. The largest absolute Gasteiger partial charge is 0.337 e. The van der Waals surface area contributed by atoms with E-state index in [2.05, 4.69) is 29.4 Å². The highest BCUT2D eigenvalue weighted by atomic mass is 35.5. The van der Waals surface area contributed by atoms with Crippen molar-refractivity contribution >= 4 is 18.3 Å². The number of fused-ring (bicyclic) bond motifs is 2. The number of hydrogen-bond acceptors (Lipinski definition) is 3. The lowest BCUT2D eigenvalue weighted by Crippen LogP contribution is -2.48. The monoisotopic (exact) mass is 312 g/mol.